The van der Waals surface area contributed by atoms with Gasteiger partial charge < -0.3 is 19.2 Å². The van der Waals surface area contributed by atoms with Crippen LogP contribution in [0.4, 0.5) is 0 Å². The number of rotatable bonds is 4. The van der Waals surface area contributed by atoms with Crippen LogP contribution in [0.25, 0.3) is 0 Å². The highest BCUT2D eigenvalue weighted by molar-refractivity contribution is 5.75. The van der Waals surface area contributed by atoms with Crippen LogP contribution in [-0.2, 0) is 20.8 Å². The van der Waals surface area contributed by atoms with E-state index in [9.17, 15) is 4.79 Å². The number of furan rings is 1. The highest BCUT2D eigenvalue weighted by atomic mass is 16.6. The fourth-order valence-electron chi connectivity index (χ4n) is 5.95. The number of nitrogens with one attached hydrogen (secondary N) is 1. The first-order valence-electron chi connectivity index (χ1n) is 9.67. The number of ether oxygens (including phenoxy) is 2. The third kappa shape index (κ3) is 2.55. The second kappa shape index (κ2) is 5.58. The summed E-state index contributed by atoms with van der Waals surface area (Å²) in [5.41, 5.74) is 0.391. The van der Waals surface area contributed by atoms with E-state index in [4.69, 9.17) is 13.9 Å². The summed E-state index contributed by atoms with van der Waals surface area (Å²) in [4.78, 5) is 12.5. The van der Waals surface area contributed by atoms with E-state index in [1.54, 1.807) is 6.26 Å². The molecule has 2 aliphatic heterocycles. The molecule has 3 heterocycles. The average Bonchev–Trinajstić information content (AvgIpc) is 3.02. The van der Waals surface area contributed by atoms with Gasteiger partial charge in [-0.05, 0) is 55.6 Å². The van der Waals surface area contributed by atoms with Crippen LogP contribution in [0, 0.1) is 23.2 Å². The number of carbonyl (C=O) groups is 1. The average molecular weight is 345 g/mol. The van der Waals surface area contributed by atoms with Gasteiger partial charge in [-0.25, -0.2) is 0 Å². The summed E-state index contributed by atoms with van der Waals surface area (Å²) in [6.07, 6.45) is 7.53. The third-order valence-electron chi connectivity index (χ3n) is 7.32. The van der Waals surface area contributed by atoms with Gasteiger partial charge in [-0.2, -0.15) is 0 Å². The predicted octanol–water partition coefficient (Wildman–Crippen LogP) is 2.90. The summed E-state index contributed by atoms with van der Waals surface area (Å²) >= 11 is 0. The van der Waals surface area contributed by atoms with E-state index in [0.717, 1.165) is 25.2 Å². The van der Waals surface area contributed by atoms with Gasteiger partial charge in [0.2, 0.25) is 0 Å². The zero-order valence-corrected chi connectivity index (χ0v) is 14.8. The lowest BCUT2D eigenvalue weighted by Crippen LogP contribution is -2.51. The van der Waals surface area contributed by atoms with Crippen molar-refractivity contribution in [3.05, 3.63) is 24.2 Å². The quantitative estimate of drug-likeness (QED) is 0.671. The standard InChI is InChI=1S/C20H27NO4/c1-19-5-3-6-20(12-24-20)17(19)8-14-15(18(22)25-16(14)9-19)11-21-10-13-4-2-7-23-13/h2,4,7,14-17,21H,3,5-6,8-12H2,1H3. The summed E-state index contributed by atoms with van der Waals surface area (Å²) < 4.78 is 17.1. The Morgan fingerprint density at radius 2 is 2.24 bits per heavy atom. The second-order valence-electron chi connectivity index (χ2n) is 8.81. The molecule has 6 unspecified atom stereocenters. The zero-order chi connectivity index (χ0) is 17.1. The smallest absolute Gasteiger partial charge is 0.310 e. The predicted molar refractivity (Wildman–Crippen MR) is 90.6 cm³/mol. The molecule has 2 saturated carbocycles. The van der Waals surface area contributed by atoms with E-state index in [1.165, 1.54) is 19.3 Å². The Bertz CT molecular complexity index is 653. The number of hydrogen-bond donors (Lipinski definition) is 1. The van der Waals surface area contributed by atoms with Crippen molar-refractivity contribution in [3.8, 4) is 0 Å². The normalized spacial score (nSPS) is 45.1. The van der Waals surface area contributed by atoms with Crippen LogP contribution in [0.2, 0.25) is 0 Å². The summed E-state index contributed by atoms with van der Waals surface area (Å²) in [6, 6.07) is 3.84. The van der Waals surface area contributed by atoms with Crippen molar-refractivity contribution in [2.24, 2.45) is 23.2 Å². The highest BCUT2D eigenvalue weighted by Crippen LogP contribution is 2.62. The molecule has 1 N–H and O–H groups in total. The van der Waals surface area contributed by atoms with Crippen LogP contribution in [0.3, 0.4) is 0 Å². The van der Waals surface area contributed by atoms with Gasteiger partial charge in [0.15, 0.2) is 0 Å². The molecule has 5 rings (SSSR count). The summed E-state index contributed by atoms with van der Waals surface area (Å²) in [5, 5.41) is 3.39. The molecule has 0 amide bonds. The Balaban J connectivity index is 1.29. The molecule has 136 valence electrons. The molecule has 0 aromatic carbocycles. The van der Waals surface area contributed by atoms with E-state index in [-0.39, 0.29) is 29.0 Å². The molecule has 6 atom stereocenters. The lowest BCUT2D eigenvalue weighted by molar-refractivity contribution is -0.147. The fraction of sp³-hybridized carbons (Fsp3) is 0.750. The molecular weight excluding hydrogens is 318 g/mol. The Labute approximate surface area is 148 Å². The number of fused-ring (bicyclic) bond motifs is 3. The van der Waals surface area contributed by atoms with Gasteiger partial charge in [0.25, 0.3) is 0 Å². The van der Waals surface area contributed by atoms with Crippen LogP contribution in [-0.4, -0.2) is 30.8 Å². The van der Waals surface area contributed by atoms with Gasteiger partial charge in [0.05, 0.1) is 30.9 Å². The molecule has 0 bridgehead atoms. The van der Waals surface area contributed by atoms with Crippen molar-refractivity contribution in [2.45, 2.75) is 57.3 Å². The molecular formula is C20H27NO4. The maximum absolute atomic E-state index is 12.5. The van der Waals surface area contributed by atoms with E-state index in [0.29, 0.717) is 24.9 Å². The Morgan fingerprint density at radius 1 is 1.36 bits per heavy atom. The molecule has 4 fully saturated rings. The first kappa shape index (κ1) is 15.9. The van der Waals surface area contributed by atoms with Crippen LogP contribution < -0.4 is 5.32 Å². The molecule has 0 radical (unpaired) electrons. The monoisotopic (exact) mass is 345 g/mol. The maximum atomic E-state index is 12.5. The van der Waals surface area contributed by atoms with E-state index in [1.807, 2.05) is 12.1 Å². The van der Waals surface area contributed by atoms with Gasteiger partial charge in [-0.3, -0.25) is 4.79 Å². The van der Waals surface area contributed by atoms with E-state index < -0.39 is 0 Å². The Hall–Kier alpha value is -1.33. The van der Waals surface area contributed by atoms with Crippen molar-refractivity contribution in [1.29, 1.82) is 0 Å². The third-order valence-corrected chi connectivity index (χ3v) is 7.32. The van der Waals surface area contributed by atoms with Crippen LogP contribution >= 0.6 is 0 Å². The lowest BCUT2D eigenvalue weighted by atomic mass is 9.53. The second-order valence-corrected chi connectivity index (χ2v) is 8.81. The number of carbonyl (C=O) groups excluding carboxylic acids is 1. The molecule has 4 aliphatic rings. The summed E-state index contributed by atoms with van der Waals surface area (Å²) in [6.45, 7) is 4.63. The molecule has 2 aliphatic carbocycles. The molecule has 1 aromatic heterocycles. The fourth-order valence-corrected chi connectivity index (χ4v) is 5.95. The van der Waals surface area contributed by atoms with Crippen molar-refractivity contribution in [2.75, 3.05) is 13.2 Å². The maximum Gasteiger partial charge on any atom is 0.310 e. The summed E-state index contributed by atoms with van der Waals surface area (Å²) in [7, 11) is 0. The van der Waals surface area contributed by atoms with E-state index >= 15 is 0 Å². The Morgan fingerprint density at radius 3 is 3.00 bits per heavy atom. The Kier molecular flexibility index (Phi) is 3.55. The van der Waals surface area contributed by atoms with Crippen LogP contribution in [0.5, 0.6) is 0 Å². The molecule has 2 saturated heterocycles. The lowest BCUT2D eigenvalue weighted by Gasteiger charge is -2.51. The first-order valence-corrected chi connectivity index (χ1v) is 9.67. The SMILES string of the molecule is CC12CCCC3(CO3)C1CC1C(C2)OC(=O)C1CNCc1ccco1. The molecule has 1 aromatic rings. The molecule has 5 nitrogen and oxygen atoms in total. The minimum atomic E-state index is -0.0396. The summed E-state index contributed by atoms with van der Waals surface area (Å²) in [5.74, 6) is 1.75. The van der Waals surface area contributed by atoms with Crippen molar-refractivity contribution < 1.29 is 18.7 Å². The van der Waals surface area contributed by atoms with Gasteiger partial charge in [0.1, 0.15) is 11.9 Å². The minimum absolute atomic E-state index is 0.0186. The van der Waals surface area contributed by atoms with Gasteiger partial charge >= 0.3 is 5.97 Å². The number of epoxide rings is 1. The topological polar surface area (TPSA) is 64.0 Å². The van der Waals surface area contributed by atoms with Crippen molar-refractivity contribution >= 4 is 5.97 Å². The van der Waals surface area contributed by atoms with E-state index in [2.05, 4.69) is 12.2 Å². The number of esters is 1. The van der Waals surface area contributed by atoms with Crippen molar-refractivity contribution in [1.82, 2.24) is 5.32 Å². The highest BCUT2D eigenvalue weighted by Gasteiger charge is 2.64. The molecule has 1 spiro atoms. The largest absolute Gasteiger partial charge is 0.468 e. The minimum Gasteiger partial charge on any atom is -0.468 e. The van der Waals surface area contributed by atoms with Crippen molar-refractivity contribution in [3.63, 3.8) is 0 Å². The first-order chi connectivity index (χ1) is 12.1. The van der Waals surface area contributed by atoms with Gasteiger partial charge in [-0.1, -0.05) is 6.92 Å². The van der Waals surface area contributed by atoms with Crippen LogP contribution in [0.1, 0.15) is 44.8 Å². The number of hydrogen-bond acceptors (Lipinski definition) is 5. The zero-order valence-electron chi connectivity index (χ0n) is 14.8. The van der Waals surface area contributed by atoms with Gasteiger partial charge in [0, 0.05) is 12.5 Å². The molecule has 25 heavy (non-hydrogen) atoms. The van der Waals surface area contributed by atoms with Crippen LogP contribution in [0.15, 0.2) is 22.8 Å². The van der Waals surface area contributed by atoms with Gasteiger partial charge in [-0.15, -0.1) is 0 Å². The molecule has 5 heteroatoms.